The van der Waals surface area contributed by atoms with Gasteiger partial charge in [0.25, 0.3) is 0 Å². The normalized spacial score (nSPS) is 27.1. The lowest BCUT2D eigenvalue weighted by molar-refractivity contribution is 0.112. The van der Waals surface area contributed by atoms with E-state index >= 15 is 0 Å². The zero-order valence-corrected chi connectivity index (χ0v) is 12.0. The Morgan fingerprint density at radius 2 is 2.06 bits per heavy atom. The summed E-state index contributed by atoms with van der Waals surface area (Å²) in [4.78, 5) is 13.7. The second-order valence-corrected chi connectivity index (χ2v) is 6.33. The van der Waals surface area contributed by atoms with Crippen LogP contribution in [-0.2, 0) is 0 Å². The van der Waals surface area contributed by atoms with E-state index in [0.29, 0.717) is 6.04 Å². The van der Waals surface area contributed by atoms with Crippen molar-refractivity contribution in [2.45, 2.75) is 38.1 Å². The van der Waals surface area contributed by atoms with Crippen molar-refractivity contribution in [3.8, 4) is 0 Å². The van der Waals surface area contributed by atoms with Crippen molar-refractivity contribution >= 4 is 27.9 Å². The maximum atomic E-state index is 11.2. The smallest absolute Gasteiger partial charge is 0.152 e. The summed E-state index contributed by atoms with van der Waals surface area (Å²) in [7, 11) is 0. The molecule has 0 bridgehead atoms. The van der Waals surface area contributed by atoms with Crippen LogP contribution in [-0.4, -0.2) is 18.9 Å². The van der Waals surface area contributed by atoms with Crippen molar-refractivity contribution in [1.29, 1.82) is 0 Å². The molecule has 1 aromatic carbocycles. The van der Waals surface area contributed by atoms with Crippen molar-refractivity contribution < 1.29 is 4.79 Å². The first kappa shape index (κ1) is 12.2. The van der Waals surface area contributed by atoms with Crippen molar-refractivity contribution in [3.05, 3.63) is 28.2 Å². The summed E-state index contributed by atoms with van der Waals surface area (Å²) in [6.45, 7) is 1.11. The van der Waals surface area contributed by atoms with Crippen LogP contribution in [0.3, 0.4) is 0 Å². The molecule has 1 saturated heterocycles. The van der Waals surface area contributed by atoms with Gasteiger partial charge in [-0.1, -0.05) is 28.8 Å². The van der Waals surface area contributed by atoms with Gasteiger partial charge in [-0.15, -0.1) is 0 Å². The van der Waals surface area contributed by atoms with Gasteiger partial charge in [0, 0.05) is 28.3 Å². The molecular formula is C15H18BrNO. The van der Waals surface area contributed by atoms with E-state index in [1.165, 1.54) is 32.1 Å². The zero-order chi connectivity index (χ0) is 12.5. The summed E-state index contributed by atoms with van der Waals surface area (Å²) >= 11 is 3.44. The molecule has 1 heterocycles. The van der Waals surface area contributed by atoms with E-state index in [2.05, 4.69) is 26.9 Å². The Morgan fingerprint density at radius 3 is 2.89 bits per heavy atom. The Bertz CT molecular complexity index is 460. The first-order valence-corrected chi connectivity index (χ1v) is 7.60. The van der Waals surface area contributed by atoms with E-state index in [1.807, 2.05) is 12.1 Å². The van der Waals surface area contributed by atoms with Gasteiger partial charge in [-0.2, -0.15) is 0 Å². The molecule has 3 heteroatoms. The van der Waals surface area contributed by atoms with E-state index in [1.54, 1.807) is 0 Å². The molecule has 0 spiro atoms. The molecule has 1 aliphatic heterocycles. The average molecular weight is 308 g/mol. The number of carbonyl (C=O) groups excluding carboxylic acids is 1. The first-order chi connectivity index (χ1) is 8.79. The molecule has 2 fully saturated rings. The molecular weight excluding hydrogens is 290 g/mol. The highest BCUT2D eigenvalue weighted by molar-refractivity contribution is 9.10. The molecule has 2 aliphatic rings. The molecule has 2 unspecified atom stereocenters. The van der Waals surface area contributed by atoms with Crippen molar-refractivity contribution in [2.75, 3.05) is 11.4 Å². The summed E-state index contributed by atoms with van der Waals surface area (Å²) in [6.07, 6.45) is 7.66. The third kappa shape index (κ3) is 2.09. The summed E-state index contributed by atoms with van der Waals surface area (Å²) in [5.41, 5.74) is 1.94. The number of hydrogen-bond acceptors (Lipinski definition) is 2. The lowest BCUT2D eigenvalue weighted by Gasteiger charge is -2.33. The number of hydrogen-bond donors (Lipinski definition) is 0. The summed E-state index contributed by atoms with van der Waals surface area (Å²) in [6, 6.07) is 6.72. The van der Waals surface area contributed by atoms with Crippen LogP contribution in [0.1, 0.15) is 42.5 Å². The van der Waals surface area contributed by atoms with E-state index in [4.69, 9.17) is 0 Å². The number of fused-ring (bicyclic) bond motifs is 1. The lowest BCUT2D eigenvalue weighted by Crippen LogP contribution is -2.35. The Hall–Kier alpha value is -0.830. The van der Waals surface area contributed by atoms with Crippen LogP contribution in [0.15, 0.2) is 22.7 Å². The Morgan fingerprint density at radius 1 is 1.22 bits per heavy atom. The zero-order valence-electron chi connectivity index (χ0n) is 10.4. The van der Waals surface area contributed by atoms with E-state index in [9.17, 15) is 4.79 Å². The van der Waals surface area contributed by atoms with Crippen LogP contribution in [0.2, 0.25) is 0 Å². The second-order valence-electron chi connectivity index (χ2n) is 5.41. The van der Waals surface area contributed by atoms with Gasteiger partial charge in [0.1, 0.15) is 0 Å². The van der Waals surface area contributed by atoms with Crippen molar-refractivity contribution in [1.82, 2.24) is 0 Å². The van der Waals surface area contributed by atoms with Gasteiger partial charge in [0.15, 0.2) is 6.29 Å². The van der Waals surface area contributed by atoms with Gasteiger partial charge < -0.3 is 4.90 Å². The fourth-order valence-corrected chi connectivity index (χ4v) is 3.97. The number of aldehydes is 1. The molecule has 2 atom stereocenters. The second kappa shape index (κ2) is 5.04. The fraction of sp³-hybridized carbons (Fsp3) is 0.533. The quantitative estimate of drug-likeness (QED) is 0.769. The summed E-state index contributed by atoms with van der Waals surface area (Å²) < 4.78 is 0.979. The van der Waals surface area contributed by atoms with Crippen LogP contribution < -0.4 is 4.90 Å². The van der Waals surface area contributed by atoms with Gasteiger partial charge in [0.2, 0.25) is 0 Å². The van der Waals surface area contributed by atoms with E-state index in [0.717, 1.165) is 34.5 Å². The number of benzene rings is 1. The van der Waals surface area contributed by atoms with Gasteiger partial charge in [0.05, 0.1) is 0 Å². The molecule has 96 valence electrons. The van der Waals surface area contributed by atoms with E-state index in [-0.39, 0.29) is 0 Å². The van der Waals surface area contributed by atoms with Crippen LogP contribution >= 0.6 is 15.9 Å². The molecule has 1 aromatic rings. The Balaban J connectivity index is 1.92. The standard InChI is InChI=1S/C15H18BrNO/c16-13-5-6-15(12(9-13)10-18)17-8-7-11-3-1-2-4-14(11)17/h5-6,9-11,14H,1-4,7-8H2. The molecule has 1 saturated carbocycles. The minimum Gasteiger partial charge on any atom is -0.368 e. The SMILES string of the molecule is O=Cc1cc(Br)ccc1N1CCC2CCCCC21. The van der Waals surface area contributed by atoms with Gasteiger partial charge >= 0.3 is 0 Å². The maximum Gasteiger partial charge on any atom is 0.152 e. The lowest BCUT2D eigenvalue weighted by atomic mass is 9.85. The third-order valence-corrected chi connectivity index (χ3v) is 4.93. The molecule has 2 nitrogen and oxygen atoms in total. The van der Waals surface area contributed by atoms with Gasteiger partial charge in [-0.3, -0.25) is 4.79 Å². The number of anilines is 1. The Kier molecular flexibility index (Phi) is 3.42. The summed E-state index contributed by atoms with van der Waals surface area (Å²) in [5.74, 6) is 0.849. The highest BCUT2D eigenvalue weighted by Crippen LogP contribution is 2.40. The highest BCUT2D eigenvalue weighted by atomic mass is 79.9. The molecule has 0 radical (unpaired) electrons. The highest BCUT2D eigenvalue weighted by Gasteiger charge is 2.36. The minimum absolute atomic E-state index is 0.665. The topological polar surface area (TPSA) is 20.3 Å². The number of rotatable bonds is 2. The fourth-order valence-electron chi connectivity index (χ4n) is 3.59. The van der Waals surface area contributed by atoms with Crippen molar-refractivity contribution in [2.24, 2.45) is 5.92 Å². The molecule has 0 N–H and O–H groups in total. The molecule has 1 aliphatic carbocycles. The predicted molar refractivity (Wildman–Crippen MR) is 77.2 cm³/mol. The molecule has 3 rings (SSSR count). The molecule has 0 amide bonds. The molecule has 18 heavy (non-hydrogen) atoms. The number of nitrogens with zero attached hydrogens (tertiary/aromatic N) is 1. The maximum absolute atomic E-state index is 11.2. The number of halogens is 1. The predicted octanol–water partition coefficient (Wildman–Crippen LogP) is 4.03. The molecule has 0 aromatic heterocycles. The number of carbonyl (C=O) groups is 1. The van der Waals surface area contributed by atoms with Gasteiger partial charge in [-0.05, 0) is 43.4 Å². The van der Waals surface area contributed by atoms with Gasteiger partial charge in [-0.25, -0.2) is 0 Å². The van der Waals surface area contributed by atoms with E-state index < -0.39 is 0 Å². The average Bonchev–Trinajstić information content (AvgIpc) is 2.82. The largest absolute Gasteiger partial charge is 0.368 e. The Labute approximate surface area is 116 Å². The monoisotopic (exact) mass is 307 g/mol. The third-order valence-electron chi connectivity index (χ3n) is 4.44. The van der Waals surface area contributed by atoms with Crippen molar-refractivity contribution in [3.63, 3.8) is 0 Å². The van der Waals surface area contributed by atoms with Crippen LogP contribution in [0, 0.1) is 5.92 Å². The summed E-state index contributed by atoms with van der Waals surface area (Å²) in [5, 5.41) is 0. The van der Waals surface area contributed by atoms with Crippen LogP contribution in [0.4, 0.5) is 5.69 Å². The van der Waals surface area contributed by atoms with Crippen LogP contribution in [0.25, 0.3) is 0 Å². The first-order valence-electron chi connectivity index (χ1n) is 6.81. The minimum atomic E-state index is 0.665. The van der Waals surface area contributed by atoms with Crippen LogP contribution in [0.5, 0.6) is 0 Å².